The Hall–Kier alpha value is -2.21. The second kappa shape index (κ2) is 7.78. The summed E-state index contributed by atoms with van der Waals surface area (Å²) in [6, 6.07) is 8.53. The van der Waals surface area contributed by atoms with E-state index in [1.165, 1.54) is 11.1 Å². The fourth-order valence-electron chi connectivity index (χ4n) is 2.96. The van der Waals surface area contributed by atoms with Crippen molar-refractivity contribution in [2.24, 2.45) is 0 Å². The monoisotopic (exact) mass is 343 g/mol. The van der Waals surface area contributed by atoms with Crippen molar-refractivity contribution < 1.29 is 14.1 Å². The molecule has 0 aliphatic carbocycles. The highest BCUT2D eigenvalue weighted by atomic mass is 16.5. The van der Waals surface area contributed by atoms with E-state index in [0.29, 0.717) is 43.8 Å². The summed E-state index contributed by atoms with van der Waals surface area (Å²) < 4.78 is 10.7. The Bertz CT molecular complexity index is 709. The second-order valence-electron chi connectivity index (χ2n) is 6.77. The molecule has 0 spiro atoms. The van der Waals surface area contributed by atoms with E-state index >= 15 is 0 Å². The van der Waals surface area contributed by atoms with Crippen LogP contribution in [0.3, 0.4) is 0 Å². The summed E-state index contributed by atoms with van der Waals surface area (Å²) in [4.78, 5) is 18.6. The van der Waals surface area contributed by atoms with Crippen LogP contribution in [0.4, 0.5) is 0 Å². The van der Waals surface area contributed by atoms with Crippen molar-refractivity contribution in [1.29, 1.82) is 0 Å². The highest BCUT2D eigenvalue weighted by Gasteiger charge is 2.28. The van der Waals surface area contributed by atoms with Gasteiger partial charge in [-0.3, -0.25) is 4.79 Å². The van der Waals surface area contributed by atoms with E-state index in [1.54, 1.807) is 6.92 Å². The molecule has 0 unspecified atom stereocenters. The molecule has 2 heterocycles. The first-order valence-electron chi connectivity index (χ1n) is 8.81. The van der Waals surface area contributed by atoms with Crippen molar-refractivity contribution in [3.63, 3.8) is 0 Å². The van der Waals surface area contributed by atoms with Crippen LogP contribution in [0.1, 0.15) is 55.1 Å². The van der Waals surface area contributed by atoms with Gasteiger partial charge in [-0.2, -0.15) is 4.98 Å². The maximum atomic E-state index is 12.5. The Morgan fingerprint density at radius 1 is 1.32 bits per heavy atom. The molecule has 1 fully saturated rings. The van der Waals surface area contributed by atoms with Crippen LogP contribution in [0.2, 0.25) is 0 Å². The smallest absolute Gasteiger partial charge is 0.223 e. The van der Waals surface area contributed by atoms with E-state index in [1.807, 2.05) is 4.90 Å². The van der Waals surface area contributed by atoms with Crippen molar-refractivity contribution in [1.82, 2.24) is 15.0 Å². The molecule has 6 nitrogen and oxygen atoms in total. The van der Waals surface area contributed by atoms with Gasteiger partial charge in [-0.05, 0) is 23.5 Å². The van der Waals surface area contributed by atoms with E-state index in [-0.39, 0.29) is 12.0 Å². The number of aromatic nitrogens is 2. The number of aryl methyl sites for hydroxylation is 2. The van der Waals surface area contributed by atoms with Crippen LogP contribution in [0, 0.1) is 6.92 Å². The molecular formula is C19H25N3O3. The van der Waals surface area contributed by atoms with E-state index < -0.39 is 0 Å². The lowest BCUT2D eigenvalue weighted by Crippen LogP contribution is -2.42. The molecule has 1 amide bonds. The molecule has 134 valence electrons. The molecule has 1 atom stereocenters. The Labute approximate surface area is 148 Å². The largest absolute Gasteiger partial charge is 0.366 e. The van der Waals surface area contributed by atoms with Crippen LogP contribution in [-0.2, 0) is 16.0 Å². The molecule has 1 aromatic heterocycles. The lowest BCUT2D eigenvalue weighted by atomic mass is 10.00. The third kappa shape index (κ3) is 4.45. The summed E-state index contributed by atoms with van der Waals surface area (Å²) in [5.74, 6) is 1.68. The van der Waals surface area contributed by atoms with Gasteiger partial charge in [-0.25, -0.2) is 0 Å². The molecule has 6 heteroatoms. The molecule has 0 radical (unpaired) electrons. The maximum absolute atomic E-state index is 12.5. The molecule has 1 saturated heterocycles. The number of benzene rings is 1. The van der Waals surface area contributed by atoms with Gasteiger partial charge >= 0.3 is 0 Å². The van der Waals surface area contributed by atoms with Crippen molar-refractivity contribution >= 4 is 5.91 Å². The predicted octanol–water partition coefficient (Wildman–Crippen LogP) is 3.03. The van der Waals surface area contributed by atoms with Gasteiger partial charge in [0.05, 0.1) is 13.2 Å². The molecule has 3 rings (SSSR count). The zero-order valence-electron chi connectivity index (χ0n) is 15.1. The second-order valence-corrected chi connectivity index (χ2v) is 6.77. The van der Waals surface area contributed by atoms with E-state index in [2.05, 4.69) is 48.3 Å². The Balaban J connectivity index is 1.53. The Kier molecular flexibility index (Phi) is 5.48. The zero-order chi connectivity index (χ0) is 17.8. The Morgan fingerprint density at radius 3 is 2.72 bits per heavy atom. The van der Waals surface area contributed by atoms with Crippen LogP contribution < -0.4 is 0 Å². The molecule has 1 aromatic carbocycles. The van der Waals surface area contributed by atoms with Gasteiger partial charge in [0.2, 0.25) is 17.6 Å². The van der Waals surface area contributed by atoms with Gasteiger partial charge in [0.1, 0.15) is 6.10 Å². The van der Waals surface area contributed by atoms with Gasteiger partial charge in [-0.15, -0.1) is 0 Å². The molecule has 1 aliphatic heterocycles. The van der Waals surface area contributed by atoms with E-state index in [9.17, 15) is 4.79 Å². The van der Waals surface area contributed by atoms with Gasteiger partial charge in [0, 0.05) is 19.9 Å². The third-order valence-corrected chi connectivity index (χ3v) is 4.52. The number of amides is 1. The van der Waals surface area contributed by atoms with Gasteiger partial charge in [0.25, 0.3) is 0 Å². The zero-order valence-corrected chi connectivity index (χ0v) is 15.1. The first-order valence-corrected chi connectivity index (χ1v) is 8.81. The number of ether oxygens (including phenoxy) is 1. The SMILES string of the molecule is Cc1nc([C@H]2CN(C(=O)CCc3ccc(C(C)C)cc3)CCO2)no1. The average Bonchev–Trinajstić information content (AvgIpc) is 3.06. The van der Waals surface area contributed by atoms with Crippen molar-refractivity contribution in [2.75, 3.05) is 19.7 Å². The minimum Gasteiger partial charge on any atom is -0.366 e. The number of hydrogen-bond acceptors (Lipinski definition) is 5. The molecule has 0 bridgehead atoms. The summed E-state index contributed by atoms with van der Waals surface area (Å²) in [5.41, 5.74) is 2.51. The molecule has 1 aliphatic rings. The van der Waals surface area contributed by atoms with Crippen LogP contribution in [0.15, 0.2) is 28.8 Å². The number of hydrogen-bond donors (Lipinski definition) is 0. The van der Waals surface area contributed by atoms with Crippen molar-refractivity contribution in [3.05, 3.63) is 47.1 Å². The first-order chi connectivity index (χ1) is 12.0. The van der Waals surface area contributed by atoms with Crippen LogP contribution in [0.25, 0.3) is 0 Å². The van der Waals surface area contributed by atoms with Gasteiger partial charge in [-0.1, -0.05) is 43.3 Å². The summed E-state index contributed by atoms with van der Waals surface area (Å²) in [5, 5.41) is 3.90. The van der Waals surface area contributed by atoms with Crippen molar-refractivity contribution in [2.45, 2.75) is 45.6 Å². The number of nitrogens with zero attached hydrogens (tertiary/aromatic N) is 3. The normalized spacial score (nSPS) is 17.9. The maximum Gasteiger partial charge on any atom is 0.223 e. The molecular weight excluding hydrogens is 318 g/mol. The molecule has 2 aromatic rings. The number of carbonyl (C=O) groups excluding carboxylic acids is 1. The lowest BCUT2D eigenvalue weighted by molar-refractivity contribution is -0.139. The van der Waals surface area contributed by atoms with Gasteiger partial charge in [0.15, 0.2) is 0 Å². The minimum atomic E-state index is -0.305. The third-order valence-electron chi connectivity index (χ3n) is 4.52. The first kappa shape index (κ1) is 17.6. The summed E-state index contributed by atoms with van der Waals surface area (Å²) in [6.07, 6.45) is 0.944. The number of morpholine rings is 1. The fraction of sp³-hybridized carbons (Fsp3) is 0.526. The number of carbonyl (C=O) groups is 1. The highest BCUT2D eigenvalue weighted by Crippen LogP contribution is 2.21. The average molecular weight is 343 g/mol. The summed E-state index contributed by atoms with van der Waals surface area (Å²) in [6.45, 7) is 7.68. The lowest BCUT2D eigenvalue weighted by Gasteiger charge is -2.31. The molecule has 25 heavy (non-hydrogen) atoms. The van der Waals surface area contributed by atoms with Crippen LogP contribution >= 0.6 is 0 Å². The summed E-state index contributed by atoms with van der Waals surface area (Å²) in [7, 11) is 0. The molecule has 0 saturated carbocycles. The quantitative estimate of drug-likeness (QED) is 0.835. The van der Waals surface area contributed by atoms with E-state index in [0.717, 1.165) is 6.42 Å². The Morgan fingerprint density at radius 2 is 2.08 bits per heavy atom. The minimum absolute atomic E-state index is 0.140. The van der Waals surface area contributed by atoms with E-state index in [4.69, 9.17) is 9.26 Å². The van der Waals surface area contributed by atoms with Crippen molar-refractivity contribution in [3.8, 4) is 0 Å². The number of rotatable bonds is 5. The van der Waals surface area contributed by atoms with Gasteiger partial charge < -0.3 is 14.2 Å². The summed E-state index contributed by atoms with van der Waals surface area (Å²) >= 11 is 0. The predicted molar refractivity (Wildman–Crippen MR) is 93.2 cm³/mol. The topological polar surface area (TPSA) is 68.5 Å². The van der Waals surface area contributed by atoms with Crippen LogP contribution in [-0.4, -0.2) is 40.6 Å². The fourth-order valence-corrected chi connectivity index (χ4v) is 2.96. The van der Waals surface area contributed by atoms with Crippen LogP contribution in [0.5, 0.6) is 0 Å². The highest BCUT2D eigenvalue weighted by molar-refractivity contribution is 5.76. The molecule has 0 N–H and O–H groups in total. The standard InChI is InChI=1S/C19H25N3O3/c1-13(2)16-7-4-15(5-8-16)6-9-18(23)22-10-11-24-17(12-22)19-20-14(3)25-21-19/h4-5,7-8,13,17H,6,9-12H2,1-3H3/t17-/m1/s1.